The van der Waals surface area contributed by atoms with E-state index in [1.807, 2.05) is 4.57 Å². The number of likely N-dealkylation sites (tertiary alicyclic amines) is 1. The summed E-state index contributed by atoms with van der Waals surface area (Å²) in [6, 6.07) is 0.614. The second-order valence-electron chi connectivity index (χ2n) is 7.05. The Hall–Kier alpha value is -1.20. The van der Waals surface area contributed by atoms with Crippen LogP contribution >= 0.6 is 11.3 Å². The summed E-state index contributed by atoms with van der Waals surface area (Å²) in [6.45, 7) is 1.98. The molecule has 0 radical (unpaired) electrons. The van der Waals surface area contributed by atoms with Gasteiger partial charge < -0.3 is 4.90 Å². The van der Waals surface area contributed by atoms with Gasteiger partial charge in [-0.25, -0.2) is 4.98 Å². The van der Waals surface area contributed by atoms with Crippen molar-refractivity contribution in [2.45, 2.75) is 64.0 Å². The Labute approximate surface area is 141 Å². The molecule has 4 nitrogen and oxygen atoms in total. The summed E-state index contributed by atoms with van der Waals surface area (Å²) >= 11 is 1.74. The summed E-state index contributed by atoms with van der Waals surface area (Å²) in [6.07, 6.45) is 11.4. The first-order valence-electron chi connectivity index (χ1n) is 8.94. The van der Waals surface area contributed by atoms with Gasteiger partial charge in [0, 0.05) is 17.5 Å². The quantitative estimate of drug-likeness (QED) is 0.867. The predicted molar refractivity (Wildman–Crippen MR) is 95.4 cm³/mol. The van der Waals surface area contributed by atoms with Crippen molar-refractivity contribution in [1.82, 2.24) is 14.5 Å². The molecule has 0 spiro atoms. The van der Waals surface area contributed by atoms with Crippen LogP contribution < -0.4 is 5.56 Å². The number of rotatable bonds is 3. The molecule has 0 N–H and O–H groups in total. The lowest BCUT2D eigenvalue weighted by Crippen LogP contribution is -2.37. The predicted octanol–water partition coefficient (Wildman–Crippen LogP) is 3.21. The van der Waals surface area contributed by atoms with E-state index in [2.05, 4.69) is 16.9 Å². The monoisotopic (exact) mass is 331 g/mol. The van der Waals surface area contributed by atoms with E-state index in [4.69, 9.17) is 0 Å². The number of fused-ring (bicyclic) bond motifs is 3. The Morgan fingerprint density at radius 1 is 1.26 bits per heavy atom. The van der Waals surface area contributed by atoms with Crippen LogP contribution in [0.25, 0.3) is 10.2 Å². The molecule has 2 aromatic rings. The van der Waals surface area contributed by atoms with Gasteiger partial charge in [-0.3, -0.25) is 9.36 Å². The molecule has 0 saturated carbocycles. The minimum Gasteiger partial charge on any atom is -0.303 e. The first-order chi connectivity index (χ1) is 11.2. The van der Waals surface area contributed by atoms with Gasteiger partial charge in [0.2, 0.25) is 0 Å². The van der Waals surface area contributed by atoms with Crippen molar-refractivity contribution in [3.63, 3.8) is 0 Å². The summed E-state index contributed by atoms with van der Waals surface area (Å²) in [5, 5.41) is 0.921. The van der Waals surface area contributed by atoms with Gasteiger partial charge in [-0.2, -0.15) is 0 Å². The van der Waals surface area contributed by atoms with Gasteiger partial charge in [-0.15, -0.1) is 11.3 Å². The molecule has 1 aliphatic heterocycles. The van der Waals surface area contributed by atoms with E-state index in [1.54, 1.807) is 17.7 Å². The van der Waals surface area contributed by atoms with Crippen molar-refractivity contribution in [3.05, 3.63) is 27.1 Å². The molecular formula is C18H25N3OS. The second kappa shape index (κ2) is 6.36. The van der Waals surface area contributed by atoms with E-state index >= 15 is 0 Å². The van der Waals surface area contributed by atoms with Crippen molar-refractivity contribution < 1.29 is 0 Å². The number of aryl methyl sites for hydroxylation is 3. The van der Waals surface area contributed by atoms with Crippen LogP contribution in [0.4, 0.5) is 0 Å². The van der Waals surface area contributed by atoms with Crippen LogP contribution in [0, 0.1) is 0 Å². The number of hydrogen-bond acceptors (Lipinski definition) is 4. The maximum atomic E-state index is 12.9. The molecular weight excluding hydrogens is 306 g/mol. The third-order valence-electron chi connectivity index (χ3n) is 5.57. The molecule has 4 rings (SSSR count). The third kappa shape index (κ3) is 2.85. The minimum absolute atomic E-state index is 0.188. The summed E-state index contributed by atoms with van der Waals surface area (Å²) < 4.78 is 1.85. The maximum absolute atomic E-state index is 12.9. The van der Waals surface area contributed by atoms with E-state index in [1.165, 1.54) is 49.1 Å². The lowest BCUT2D eigenvalue weighted by atomic mass is 9.97. The van der Waals surface area contributed by atoms with E-state index < -0.39 is 0 Å². The molecule has 0 aromatic carbocycles. The molecule has 0 amide bonds. The SMILES string of the molecule is CN1CCCCC1CCn1cnc2sc3c(c2c1=O)CCCC3. The van der Waals surface area contributed by atoms with Gasteiger partial charge in [-0.05, 0) is 64.1 Å². The molecule has 1 aliphatic carbocycles. The largest absolute Gasteiger partial charge is 0.303 e. The number of hydrogen-bond donors (Lipinski definition) is 0. The lowest BCUT2D eigenvalue weighted by Gasteiger charge is -2.32. The van der Waals surface area contributed by atoms with Crippen LogP contribution in [0.3, 0.4) is 0 Å². The van der Waals surface area contributed by atoms with Crippen LogP contribution in [0.15, 0.2) is 11.1 Å². The lowest BCUT2D eigenvalue weighted by molar-refractivity contribution is 0.170. The molecule has 124 valence electrons. The van der Waals surface area contributed by atoms with Crippen LogP contribution in [0.5, 0.6) is 0 Å². The van der Waals surface area contributed by atoms with Gasteiger partial charge in [-0.1, -0.05) is 6.42 Å². The molecule has 1 unspecified atom stereocenters. The van der Waals surface area contributed by atoms with Crippen molar-refractivity contribution in [2.75, 3.05) is 13.6 Å². The van der Waals surface area contributed by atoms with E-state index in [-0.39, 0.29) is 5.56 Å². The highest BCUT2D eigenvalue weighted by Gasteiger charge is 2.21. The topological polar surface area (TPSA) is 38.1 Å². The molecule has 5 heteroatoms. The standard InChI is InChI=1S/C18H25N3OS/c1-20-10-5-4-6-13(20)9-11-21-12-19-17-16(18(21)22)14-7-2-3-8-15(14)23-17/h12-13H,2-11H2,1H3. The first-order valence-corrected chi connectivity index (χ1v) is 9.75. The van der Waals surface area contributed by atoms with E-state index in [0.29, 0.717) is 6.04 Å². The van der Waals surface area contributed by atoms with Gasteiger partial charge in [0.1, 0.15) is 4.83 Å². The highest BCUT2D eigenvalue weighted by Crippen LogP contribution is 2.33. The zero-order chi connectivity index (χ0) is 15.8. The van der Waals surface area contributed by atoms with E-state index in [9.17, 15) is 4.79 Å². The summed E-state index contributed by atoms with van der Waals surface area (Å²) in [4.78, 5) is 22.3. The van der Waals surface area contributed by atoms with Crippen LogP contribution in [-0.4, -0.2) is 34.1 Å². The molecule has 23 heavy (non-hydrogen) atoms. The van der Waals surface area contributed by atoms with Crippen LogP contribution in [0.2, 0.25) is 0 Å². The fourth-order valence-corrected chi connectivity index (χ4v) is 5.36. The normalized spacial score (nSPS) is 22.4. The van der Waals surface area contributed by atoms with E-state index in [0.717, 1.165) is 36.0 Å². The van der Waals surface area contributed by atoms with Crippen molar-refractivity contribution in [3.8, 4) is 0 Å². The summed E-state index contributed by atoms with van der Waals surface area (Å²) in [5.41, 5.74) is 1.49. The fraction of sp³-hybridized carbons (Fsp3) is 0.667. The smallest absolute Gasteiger partial charge is 0.262 e. The number of aromatic nitrogens is 2. The van der Waals surface area contributed by atoms with Crippen molar-refractivity contribution >= 4 is 21.6 Å². The van der Waals surface area contributed by atoms with Crippen LogP contribution in [0.1, 0.15) is 49.0 Å². The Bertz CT molecular complexity index is 763. The first kappa shape index (κ1) is 15.3. The molecule has 1 saturated heterocycles. The van der Waals surface area contributed by atoms with Gasteiger partial charge >= 0.3 is 0 Å². The zero-order valence-corrected chi connectivity index (χ0v) is 14.7. The average Bonchev–Trinajstić information content (AvgIpc) is 2.95. The Morgan fingerprint density at radius 3 is 3.00 bits per heavy atom. The van der Waals surface area contributed by atoms with Gasteiger partial charge in [0.25, 0.3) is 5.56 Å². The highest BCUT2D eigenvalue weighted by molar-refractivity contribution is 7.18. The zero-order valence-electron chi connectivity index (χ0n) is 13.9. The Balaban J connectivity index is 1.60. The molecule has 2 aromatic heterocycles. The van der Waals surface area contributed by atoms with Crippen molar-refractivity contribution in [1.29, 1.82) is 0 Å². The molecule has 3 heterocycles. The molecule has 1 fully saturated rings. The number of piperidine rings is 1. The summed E-state index contributed by atoms with van der Waals surface area (Å²) in [5.74, 6) is 0. The fourth-order valence-electron chi connectivity index (χ4n) is 4.14. The molecule has 0 bridgehead atoms. The van der Waals surface area contributed by atoms with Crippen LogP contribution in [-0.2, 0) is 19.4 Å². The minimum atomic E-state index is 0.188. The number of thiophene rings is 1. The molecule has 2 aliphatic rings. The van der Waals surface area contributed by atoms with Gasteiger partial charge in [0.05, 0.1) is 11.7 Å². The van der Waals surface area contributed by atoms with Crippen molar-refractivity contribution in [2.24, 2.45) is 0 Å². The van der Waals surface area contributed by atoms with Gasteiger partial charge in [0.15, 0.2) is 0 Å². The Kier molecular flexibility index (Phi) is 4.24. The third-order valence-corrected chi connectivity index (χ3v) is 6.77. The Morgan fingerprint density at radius 2 is 2.13 bits per heavy atom. The molecule has 1 atom stereocenters. The number of nitrogens with zero attached hydrogens (tertiary/aromatic N) is 3. The average molecular weight is 331 g/mol. The summed E-state index contributed by atoms with van der Waals surface area (Å²) in [7, 11) is 2.21. The highest BCUT2D eigenvalue weighted by atomic mass is 32.1. The maximum Gasteiger partial charge on any atom is 0.262 e. The second-order valence-corrected chi connectivity index (χ2v) is 8.14.